The minimum Gasteiger partial charge on any atom is -0.759 e. The fourth-order valence-corrected chi connectivity index (χ4v) is 0.689. The highest BCUT2D eigenvalue weighted by Crippen LogP contribution is 2.06. The monoisotopic (exact) mass is 128 g/mol. The van der Waals surface area contributed by atoms with E-state index in [4.69, 9.17) is 0 Å². The molecule has 0 aromatic carbocycles. The maximum atomic E-state index is 10.6. The first-order chi connectivity index (χ1) is 4.20. The summed E-state index contributed by atoms with van der Waals surface area (Å²) in [5, 5.41) is 22.6. The first-order valence-corrected chi connectivity index (χ1v) is 2.77. The molecule has 0 aromatic rings. The molecule has 0 bridgehead atoms. The molecule has 9 heavy (non-hydrogen) atoms. The van der Waals surface area contributed by atoms with E-state index >= 15 is 0 Å². The van der Waals surface area contributed by atoms with E-state index < -0.39 is 0 Å². The molecule has 0 spiro atoms. The minimum atomic E-state index is -0.215. The maximum absolute atomic E-state index is 10.6. The van der Waals surface area contributed by atoms with Crippen molar-refractivity contribution in [1.82, 2.24) is 10.1 Å². The average molecular weight is 128 g/mol. The van der Waals surface area contributed by atoms with Gasteiger partial charge in [0.1, 0.15) is 0 Å². The van der Waals surface area contributed by atoms with E-state index in [1.807, 2.05) is 0 Å². The van der Waals surface area contributed by atoms with Gasteiger partial charge in [0.25, 0.3) is 0 Å². The van der Waals surface area contributed by atoms with E-state index in [-0.39, 0.29) is 12.6 Å². The minimum absolute atomic E-state index is 0.215. The third-order valence-corrected chi connectivity index (χ3v) is 1.26. The Labute approximate surface area is 53.5 Å². The molecule has 1 aliphatic rings. The summed E-state index contributed by atoms with van der Waals surface area (Å²) < 4.78 is 0. The van der Waals surface area contributed by atoms with Gasteiger partial charge in [-0.25, -0.2) is 0 Å². The lowest BCUT2D eigenvalue weighted by atomic mass is 10.3. The van der Waals surface area contributed by atoms with Crippen LogP contribution in [0.4, 0.5) is 0 Å². The molecular formula is C5H8N2O2-2. The van der Waals surface area contributed by atoms with Gasteiger partial charge in [0.05, 0.1) is 0 Å². The van der Waals surface area contributed by atoms with Crippen LogP contribution < -0.4 is 0 Å². The third-order valence-electron chi connectivity index (χ3n) is 1.26. The Morgan fingerprint density at radius 1 is 1.44 bits per heavy atom. The van der Waals surface area contributed by atoms with Crippen LogP contribution in [0.2, 0.25) is 0 Å². The number of hydroxylamine groups is 4. The molecule has 0 aliphatic carbocycles. The summed E-state index contributed by atoms with van der Waals surface area (Å²) in [5.41, 5.74) is 0. The van der Waals surface area contributed by atoms with Gasteiger partial charge in [-0.15, -0.1) is 0 Å². The van der Waals surface area contributed by atoms with E-state index in [2.05, 4.69) is 0 Å². The van der Waals surface area contributed by atoms with Gasteiger partial charge in [-0.05, 0) is 6.92 Å². The summed E-state index contributed by atoms with van der Waals surface area (Å²) in [6.07, 6.45) is 2.47. The van der Waals surface area contributed by atoms with Crippen LogP contribution in [0, 0.1) is 10.4 Å². The predicted molar refractivity (Wildman–Crippen MR) is 33.9 cm³/mol. The highest BCUT2D eigenvalue weighted by atomic mass is 16.5. The van der Waals surface area contributed by atoms with E-state index in [1.165, 1.54) is 12.4 Å². The third kappa shape index (κ3) is 1.34. The second kappa shape index (κ2) is 2.24. The van der Waals surface area contributed by atoms with Crippen molar-refractivity contribution in [2.75, 3.05) is 6.54 Å². The van der Waals surface area contributed by atoms with Crippen molar-refractivity contribution in [1.29, 1.82) is 0 Å². The van der Waals surface area contributed by atoms with Crippen molar-refractivity contribution in [3.05, 3.63) is 22.8 Å². The summed E-state index contributed by atoms with van der Waals surface area (Å²) in [6.45, 7) is 1.97. The molecule has 0 aromatic heterocycles. The van der Waals surface area contributed by atoms with Crippen molar-refractivity contribution in [3.8, 4) is 0 Å². The van der Waals surface area contributed by atoms with E-state index in [1.54, 1.807) is 6.92 Å². The van der Waals surface area contributed by atoms with Gasteiger partial charge in [-0.3, -0.25) is 0 Å². The molecule has 0 fully saturated rings. The molecule has 1 rings (SSSR count). The highest BCUT2D eigenvalue weighted by molar-refractivity contribution is 4.93. The second-order valence-corrected chi connectivity index (χ2v) is 2.11. The van der Waals surface area contributed by atoms with Gasteiger partial charge < -0.3 is 20.5 Å². The lowest BCUT2D eigenvalue weighted by Crippen LogP contribution is -2.36. The highest BCUT2D eigenvalue weighted by Gasteiger charge is 2.03. The summed E-state index contributed by atoms with van der Waals surface area (Å²) in [7, 11) is 0. The molecule has 0 N–H and O–H groups in total. The SMILES string of the molecule is CC1CN([O-])C=CN1[O-]. The van der Waals surface area contributed by atoms with Crippen LogP contribution in [0.25, 0.3) is 0 Å². The molecular weight excluding hydrogens is 120 g/mol. The van der Waals surface area contributed by atoms with E-state index in [9.17, 15) is 10.4 Å². The Morgan fingerprint density at radius 2 is 2.11 bits per heavy atom. The zero-order chi connectivity index (χ0) is 6.85. The Kier molecular flexibility index (Phi) is 1.59. The Balaban J connectivity index is 2.54. The van der Waals surface area contributed by atoms with Crippen LogP contribution in [-0.2, 0) is 0 Å². The number of hydrogen-bond donors (Lipinski definition) is 0. The molecule has 1 unspecified atom stereocenters. The van der Waals surface area contributed by atoms with Crippen molar-refractivity contribution in [3.63, 3.8) is 0 Å². The van der Waals surface area contributed by atoms with Crippen molar-refractivity contribution in [2.45, 2.75) is 13.0 Å². The largest absolute Gasteiger partial charge is 0.759 e. The summed E-state index contributed by atoms with van der Waals surface area (Å²) in [5.74, 6) is 0. The molecule has 52 valence electrons. The fraction of sp³-hybridized carbons (Fsp3) is 0.600. The van der Waals surface area contributed by atoms with Gasteiger partial charge in [0.15, 0.2) is 0 Å². The molecule has 1 heterocycles. The summed E-state index contributed by atoms with van der Waals surface area (Å²) in [4.78, 5) is 0. The van der Waals surface area contributed by atoms with Crippen LogP contribution in [0.3, 0.4) is 0 Å². The van der Waals surface area contributed by atoms with E-state index in [0.717, 1.165) is 10.1 Å². The summed E-state index contributed by atoms with van der Waals surface area (Å²) >= 11 is 0. The van der Waals surface area contributed by atoms with Gasteiger partial charge in [0, 0.05) is 25.0 Å². The van der Waals surface area contributed by atoms with Crippen LogP contribution in [0.1, 0.15) is 6.92 Å². The smallest absolute Gasteiger partial charge is 0.0311 e. The molecule has 4 heteroatoms. The lowest BCUT2D eigenvalue weighted by molar-refractivity contribution is 0.288. The van der Waals surface area contributed by atoms with Crippen molar-refractivity contribution in [2.24, 2.45) is 0 Å². The van der Waals surface area contributed by atoms with Gasteiger partial charge in [0.2, 0.25) is 0 Å². The topological polar surface area (TPSA) is 52.6 Å². The summed E-state index contributed by atoms with van der Waals surface area (Å²) in [6, 6.07) is -0.215. The lowest BCUT2D eigenvalue weighted by Gasteiger charge is -2.43. The second-order valence-electron chi connectivity index (χ2n) is 2.11. The molecule has 4 nitrogen and oxygen atoms in total. The van der Waals surface area contributed by atoms with E-state index in [0.29, 0.717) is 0 Å². The fourth-order valence-electron chi connectivity index (χ4n) is 0.689. The zero-order valence-electron chi connectivity index (χ0n) is 5.15. The predicted octanol–water partition coefficient (Wildman–Crippen LogP) is 0.459. The Morgan fingerprint density at radius 3 is 2.56 bits per heavy atom. The first-order valence-electron chi connectivity index (χ1n) is 2.77. The molecule has 0 saturated heterocycles. The van der Waals surface area contributed by atoms with Crippen LogP contribution >= 0.6 is 0 Å². The van der Waals surface area contributed by atoms with Gasteiger partial charge >= 0.3 is 0 Å². The average Bonchev–Trinajstić information content (AvgIpc) is 1.80. The first kappa shape index (κ1) is 6.38. The molecule has 0 saturated carbocycles. The number of nitrogens with zero attached hydrogens (tertiary/aromatic N) is 2. The van der Waals surface area contributed by atoms with Crippen LogP contribution in [0.15, 0.2) is 12.4 Å². The normalized spacial score (nSPS) is 27.2. The van der Waals surface area contributed by atoms with Gasteiger partial charge in [-0.1, -0.05) is 0 Å². The molecule has 1 atom stereocenters. The van der Waals surface area contributed by atoms with Crippen molar-refractivity contribution >= 4 is 0 Å². The Hall–Kier alpha value is -0.740. The zero-order valence-corrected chi connectivity index (χ0v) is 5.15. The number of hydrogen-bond acceptors (Lipinski definition) is 4. The Bertz CT molecular complexity index is 126. The molecule has 0 radical (unpaired) electrons. The maximum Gasteiger partial charge on any atom is 0.0311 e. The molecule has 1 aliphatic heterocycles. The number of rotatable bonds is 0. The standard InChI is InChI=1S/C5H8N2O2/c1-5-4-6(8)2-3-7(5)9/h2-3,5H,4H2,1H3/q-2. The van der Waals surface area contributed by atoms with Crippen molar-refractivity contribution < 1.29 is 0 Å². The van der Waals surface area contributed by atoms with Crippen LogP contribution in [0.5, 0.6) is 0 Å². The van der Waals surface area contributed by atoms with Crippen LogP contribution in [-0.4, -0.2) is 22.7 Å². The van der Waals surface area contributed by atoms with Gasteiger partial charge in [-0.2, -0.15) is 0 Å². The quantitative estimate of drug-likeness (QED) is 0.475. The molecule has 0 amide bonds.